The average molecular weight is 357 g/mol. The number of alkyl halides is 3. The summed E-state index contributed by atoms with van der Waals surface area (Å²) in [4.78, 5) is 0. The Balaban J connectivity index is 2.42. The molecule has 1 aliphatic rings. The maximum absolute atomic E-state index is 12.9. The molecule has 1 saturated heterocycles. The van der Waals surface area contributed by atoms with Crippen LogP contribution in [0.5, 0.6) is 5.75 Å². The van der Waals surface area contributed by atoms with Gasteiger partial charge in [-0.15, -0.1) is 0 Å². The van der Waals surface area contributed by atoms with Gasteiger partial charge in [0.05, 0.1) is 16.8 Å². The lowest BCUT2D eigenvalue weighted by Gasteiger charge is -2.32. The van der Waals surface area contributed by atoms with E-state index in [1.807, 2.05) is 27.7 Å². The Morgan fingerprint density at radius 2 is 1.76 bits per heavy atom. The third kappa shape index (κ3) is 4.19. The topological polar surface area (TPSA) is 50.7 Å². The van der Waals surface area contributed by atoms with Crippen LogP contribution in [0.1, 0.15) is 38.8 Å². The van der Waals surface area contributed by atoms with Crippen molar-refractivity contribution in [2.75, 3.05) is 13.6 Å². The van der Waals surface area contributed by atoms with E-state index >= 15 is 0 Å². The van der Waals surface area contributed by atoms with Crippen LogP contribution in [-0.4, -0.2) is 37.0 Å². The van der Waals surface area contributed by atoms with Gasteiger partial charge in [0.2, 0.25) is 0 Å². The molecule has 2 rings (SSSR count). The van der Waals surface area contributed by atoms with E-state index in [2.05, 4.69) is 5.32 Å². The lowest BCUT2D eigenvalue weighted by Crippen LogP contribution is -2.41. The minimum Gasteiger partial charge on any atom is -0.507 e. The molecule has 0 aromatic heterocycles. The monoisotopic (exact) mass is 357 g/mol. The summed E-state index contributed by atoms with van der Waals surface area (Å²) < 4.78 is 50.7. The predicted molar refractivity (Wildman–Crippen MR) is 91.1 cm³/mol. The zero-order valence-electron chi connectivity index (χ0n) is 15.0. The van der Waals surface area contributed by atoms with Crippen LogP contribution in [0.4, 0.5) is 13.2 Å². The van der Waals surface area contributed by atoms with Crippen LogP contribution in [0.25, 0.3) is 6.08 Å². The number of nitrogens with one attached hydrogen (secondary N) is 1. The zero-order chi connectivity index (χ0) is 19.0. The van der Waals surface area contributed by atoms with E-state index in [4.69, 9.17) is 9.31 Å². The molecule has 0 amide bonds. The Kier molecular flexibility index (Phi) is 5.28. The summed E-state index contributed by atoms with van der Waals surface area (Å²) in [6.07, 6.45) is -3.01. The van der Waals surface area contributed by atoms with Crippen LogP contribution in [-0.2, 0) is 15.5 Å². The first-order chi connectivity index (χ1) is 11.4. The molecule has 1 fully saturated rings. The minimum absolute atomic E-state index is 0.0646. The van der Waals surface area contributed by atoms with E-state index in [1.54, 1.807) is 7.05 Å². The largest absolute Gasteiger partial charge is 0.507 e. The Hall–Kier alpha value is -1.51. The predicted octanol–water partition coefficient (Wildman–Crippen LogP) is 3.65. The Morgan fingerprint density at radius 3 is 2.24 bits per heavy atom. The second-order valence-electron chi connectivity index (χ2n) is 7.11. The normalized spacial score (nSPS) is 20.2. The Morgan fingerprint density at radius 1 is 1.20 bits per heavy atom. The standard InChI is InChI=1S/C17H23BF3NO3/c1-15(2)16(3,4)25-18(24-15)13(10-22-5)9-11-8-12(17(19,20)21)6-7-14(11)23/h6-9,22-23H,10H2,1-5H3. The van der Waals surface area contributed by atoms with E-state index in [0.717, 1.165) is 18.2 Å². The minimum atomic E-state index is -4.48. The quantitative estimate of drug-likeness (QED) is 0.808. The highest BCUT2D eigenvalue weighted by Gasteiger charge is 2.52. The molecule has 25 heavy (non-hydrogen) atoms. The van der Waals surface area contributed by atoms with Crippen molar-refractivity contribution >= 4 is 13.2 Å². The van der Waals surface area contributed by atoms with Crippen molar-refractivity contribution in [3.05, 3.63) is 34.8 Å². The molecule has 0 unspecified atom stereocenters. The molecule has 0 atom stereocenters. The molecule has 2 N–H and O–H groups in total. The van der Waals surface area contributed by atoms with E-state index in [0.29, 0.717) is 12.0 Å². The van der Waals surface area contributed by atoms with Crippen LogP contribution >= 0.6 is 0 Å². The second kappa shape index (κ2) is 6.66. The van der Waals surface area contributed by atoms with E-state index < -0.39 is 30.1 Å². The number of phenols is 1. The summed E-state index contributed by atoms with van der Waals surface area (Å²) in [6.45, 7) is 7.92. The smallest absolute Gasteiger partial charge is 0.491 e. The summed E-state index contributed by atoms with van der Waals surface area (Å²) in [7, 11) is 0.997. The third-order valence-electron chi connectivity index (χ3n) is 4.63. The van der Waals surface area contributed by atoms with Gasteiger partial charge in [0.15, 0.2) is 0 Å². The number of benzene rings is 1. The maximum Gasteiger partial charge on any atom is 0.491 e. The van der Waals surface area contributed by atoms with Crippen LogP contribution < -0.4 is 5.32 Å². The number of hydrogen-bond donors (Lipinski definition) is 2. The van der Waals surface area contributed by atoms with Gasteiger partial charge < -0.3 is 19.7 Å². The van der Waals surface area contributed by atoms with Gasteiger partial charge in [0, 0.05) is 12.1 Å². The lowest BCUT2D eigenvalue weighted by atomic mass is 9.77. The molecule has 0 spiro atoms. The molecule has 1 aliphatic heterocycles. The molecule has 8 heteroatoms. The van der Waals surface area contributed by atoms with Gasteiger partial charge in [-0.25, -0.2) is 0 Å². The summed E-state index contributed by atoms with van der Waals surface area (Å²) in [5, 5.41) is 12.9. The molecule has 4 nitrogen and oxygen atoms in total. The van der Waals surface area contributed by atoms with Crippen molar-refractivity contribution in [1.82, 2.24) is 5.32 Å². The van der Waals surface area contributed by atoms with Crippen LogP contribution in [0.15, 0.2) is 23.7 Å². The molecule has 0 saturated carbocycles. The Bertz CT molecular complexity index is 656. The first-order valence-corrected chi connectivity index (χ1v) is 7.98. The fraction of sp³-hybridized carbons (Fsp3) is 0.529. The number of hydrogen-bond acceptors (Lipinski definition) is 4. The molecule has 0 radical (unpaired) electrons. The van der Waals surface area contributed by atoms with Crippen molar-refractivity contribution < 1.29 is 27.6 Å². The Labute approximate surface area is 146 Å². The van der Waals surface area contributed by atoms with Gasteiger partial charge in [0.25, 0.3) is 0 Å². The van der Waals surface area contributed by atoms with Gasteiger partial charge in [-0.2, -0.15) is 13.2 Å². The molecular weight excluding hydrogens is 334 g/mol. The SMILES string of the molecule is CNCC(=Cc1cc(C(F)(F)F)ccc1O)B1OC(C)(C)C(C)(C)O1. The first kappa shape index (κ1) is 19.8. The van der Waals surface area contributed by atoms with Crippen molar-refractivity contribution in [3.8, 4) is 5.75 Å². The number of phenolic OH excluding ortho intramolecular Hbond substituents is 1. The van der Waals surface area contributed by atoms with Gasteiger partial charge >= 0.3 is 13.3 Å². The van der Waals surface area contributed by atoms with Gasteiger partial charge in [-0.3, -0.25) is 0 Å². The molecule has 0 bridgehead atoms. The molecule has 1 aromatic rings. The lowest BCUT2D eigenvalue weighted by molar-refractivity contribution is -0.137. The van der Waals surface area contributed by atoms with Gasteiger partial charge in [0.1, 0.15) is 5.75 Å². The molecule has 138 valence electrons. The number of rotatable bonds is 4. The summed E-state index contributed by atoms with van der Waals surface area (Å²) in [5.41, 5.74) is -1.30. The first-order valence-electron chi connectivity index (χ1n) is 7.98. The van der Waals surface area contributed by atoms with Crippen LogP contribution in [0, 0.1) is 0 Å². The molecule has 0 aliphatic carbocycles. The average Bonchev–Trinajstić information content (AvgIpc) is 2.68. The number of aromatic hydroxyl groups is 1. The summed E-state index contributed by atoms with van der Waals surface area (Å²) >= 11 is 0. The molecular formula is C17H23BF3NO3. The van der Waals surface area contributed by atoms with E-state index in [-0.39, 0.29) is 11.3 Å². The third-order valence-corrected chi connectivity index (χ3v) is 4.63. The zero-order valence-corrected chi connectivity index (χ0v) is 15.0. The van der Waals surface area contributed by atoms with E-state index in [1.165, 1.54) is 6.08 Å². The summed E-state index contributed by atoms with van der Waals surface area (Å²) in [5.74, 6) is -0.238. The fourth-order valence-electron chi connectivity index (χ4n) is 2.45. The van der Waals surface area contributed by atoms with Gasteiger partial charge in [-0.1, -0.05) is 6.08 Å². The van der Waals surface area contributed by atoms with Crippen LogP contribution in [0.2, 0.25) is 0 Å². The maximum atomic E-state index is 12.9. The number of halogens is 3. The highest BCUT2D eigenvalue weighted by molar-refractivity contribution is 6.56. The molecule has 1 heterocycles. The second-order valence-corrected chi connectivity index (χ2v) is 7.11. The molecule has 1 aromatic carbocycles. The number of likely N-dealkylation sites (N-methyl/N-ethyl adjacent to an activating group) is 1. The summed E-state index contributed by atoms with van der Waals surface area (Å²) in [6, 6.07) is 2.80. The fourth-order valence-corrected chi connectivity index (χ4v) is 2.45. The van der Waals surface area contributed by atoms with Gasteiger partial charge in [-0.05, 0) is 58.4 Å². The van der Waals surface area contributed by atoms with Crippen molar-refractivity contribution in [1.29, 1.82) is 0 Å². The van der Waals surface area contributed by atoms with Crippen molar-refractivity contribution in [2.24, 2.45) is 0 Å². The van der Waals surface area contributed by atoms with E-state index in [9.17, 15) is 18.3 Å². The van der Waals surface area contributed by atoms with Crippen LogP contribution in [0.3, 0.4) is 0 Å². The van der Waals surface area contributed by atoms with Crippen molar-refractivity contribution in [2.45, 2.75) is 45.1 Å². The highest BCUT2D eigenvalue weighted by Crippen LogP contribution is 2.39. The van der Waals surface area contributed by atoms with Crippen molar-refractivity contribution in [3.63, 3.8) is 0 Å². The highest BCUT2D eigenvalue weighted by atomic mass is 19.4.